The van der Waals surface area contributed by atoms with E-state index in [2.05, 4.69) is 52.1 Å². The Morgan fingerprint density at radius 2 is 2.03 bits per heavy atom. The van der Waals surface area contributed by atoms with Crippen molar-refractivity contribution in [1.29, 1.82) is 0 Å². The maximum absolute atomic E-state index is 5.66. The average Bonchev–Trinajstić information content (AvgIpc) is 3.43. The van der Waals surface area contributed by atoms with Gasteiger partial charge in [0.1, 0.15) is 5.75 Å². The Labute approximate surface area is 176 Å². The lowest BCUT2D eigenvalue weighted by atomic mass is 9.91. The van der Waals surface area contributed by atoms with Gasteiger partial charge < -0.3 is 25.1 Å². The normalized spacial score (nSPS) is 17.2. The van der Waals surface area contributed by atoms with Gasteiger partial charge in [-0.1, -0.05) is 30.3 Å². The lowest BCUT2D eigenvalue weighted by Crippen LogP contribution is -2.41. The molecule has 4 rings (SSSR count). The number of nitrogens with one attached hydrogen (secondary N) is 3. The summed E-state index contributed by atoms with van der Waals surface area (Å²) >= 11 is 5.52. The Balaban J connectivity index is 1.50. The van der Waals surface area contributed by atoms with Crippen molar-refractivity contribution in [3.63, 3.8) is 0 Å². The number of H-pyrrole nitrogens is 1. The lowest BCUT2D eigenvalue weighted by molar-refractivity contribution is 0.114. The third-order valence-corrected chi connectivity index (χ3v) is 5.78. The van der Waals surface area contributed by atoms with Crippen molar-refractivity contribution in [3.05, 3.63) is 65.9 Å². The summed E-state index contributed by atoms with van der Waals surface area (Å²) in [6.07, 6.45) is 4.59. The first kappa shape index (κ1) is 19.7. The van der Waals surface area contributed by atoms with Gasteiger partial charge in [0.05, 0.1) is 13.2 Å². The molecule has 1 aromatic heterocycles. The topological polar surface area (TPSA) is 58.3 Å². The van der Waals surface area contributed by atoms with Gasteiger partial charge in [0.2, 0.25) is 0 Å². The zero-order chi connectivity index (χ0) is 20.1. The van der Waals surface area contributed by atoms with Gasteiger partial charge in [0, 0.05) is 42.7 Å². The van der Waals surface area contributed by atoms with Crippen molar-refractivity contribution in [2.45, 2.75) is 24.9 Å². The standard InChI is InChI=1S/C23H27N3O2S/c1-27-17-10-8-16(9-11-17)20(21-15-24-22-7-3-2-6-19(21)22)14-26-23(29)25-13-18-5-4-12-28-18/h2-3,6-11,15,18,20,24H,4-5,12-14H2,1H3,(H2,25,26,29)/t18-,20-/m0/s1. The maximum atomic E-state index is 5.66. The molecule has 2 atom stereocenters. The van der Waals surface area contributed by atoms with Crippen LogP contribution in [0.1, 0.15) is 29.9 Å². The molecule has 2 heterocycles. The number of benzene rings is 2. The molecule has 1 aliphatic heterocycles. The molecule has 152 valence electrons. The van der Waals surface area contributed by atoms with Gasteiger partial charge in [-0.05, 0) is 54.4 Å². The number of aromatic amines is 1. The van der Waals surface area contributed by atoms with E-state index in [1.807, 2.05) is 18.2 Å². The third kappa shape index (κ3) is 4.71. The Morgan fingerprint density at radius 3 is 2.79 bits per heavy atom. The lowest BCUT2D eigenvalue weighted by Gasteiger charge is -2.20. The minimum atomic E-state index is 0.152. The number of aromatic nitrogens is 1. The van der Waals surface area contributed by atoms with Gasteiger partial charge >= 0.3 is 0 Å². The molecule has 1 aliphatic rings. The number of fused-ring (bicyclic) bond motifs is 1. The summed E-state index contributed by atoms with van der Waals surface area (Å²) in [6.45, 7) is 2.31. The molecule has 0 amide bonds. The van der Waals surface area contributed by atoms with Crippen molar-refractivity contribution < 1.29 is 9.47 Å². The Bertz CT molecular complexity index is 948. The van der Waals surface area contributed by atoms with Crippen molar-refractivity contribution >= 4 is 28.2 Å². The summed E-state index contributed by atoms with van der Waals surface area (Å²) in [5.74, 6) is 1.01. The molecule has 6 heteroatoms. The first-order chi connectivity index (χ1) is 14.2. The van der Waals surface area contributed by atoms with E-state index in [1.165, 1.54) is 16.5 Å². The van der Waals surface area contributed by atoms with Gasteiger partial charge in [0.15, 0.2) is 5.11 Å². The molecule has 0 aliphatic carbocycles. The molecule has 0 radical (unpaired) electrons. The smallest absolute Gasteiger partial charge is 0.166 e. The number of methoxy groups -OCH3 is 1. The summed E-state index contributed by atoms with van der Waals surface area (Å²) in [6, 6.07) is 16.6. The van der Waals surface area contributed by atoms with Crippen LogP contribution in [-0.2, 0) is 4.74 Å². The number of rotatable bonds is 7. The van der Waals surface area contributed by atoms with Crippen LogP contribution in [-0.4, -0.2) is 43.0 Å². The molecule has 0 spiro atoms. The van der Waals surface area contributed by atoms with Crippen LogP contribution in [0.15, 0.2) is 54.7 Å². The molecule has 0 saturated carbocycles. The fourth-order valence-electron chi connectivity index (χ4n) is 3.89. The van der Waals surface area contributed by atoms with Crippen LogP contribution in [0.5, 0.6) is 5.75 Å². The van der Waals surface area contributed by atoms with Crippen LogP contribution in [0, 0.1) is 0 Å². The highest BCUT2D eigenvalue weighted by atomic mass is 32.1. The van der Waals surface area contributed by atoms with Crippen molar-refractivity contribution in [1.82, 2.24) is 15.6 Å². The van der Waals surface area contributed by atoms with Crippen molar-refractivity contribution in [2.24, 2.45) is 0 Å². The summed E-state index contributed by atoms with van der Waals surface area (Å²) in [5, 5.41) is 8.60. The SMILES string of the molecule is COc1ccc([C@H](CNC(=S)NC[C@@H]2CCCO2)c2c[nH]c3ccccc23)cc1. The van der Waals surface area contributed by atoms with E-state index in [0.717, 1.165) is 37.3 Å². The predicted octanol–water partition coefficient (Wildman–Crippen LogP) is 3.95. The van der Waals surface area contributed by atoms with Gasteiger partial charge in [-0.15, -0.1) is 0 Å². The number of hydrogen-bond acceptors (Lipinski definition) is 3. The highest BCUT2D eigenvalue weighted by molar-refractivity contribution is 7.80. The zero-order valence-electron chi connectivity index (χ0n) is 16.6. The fourth-order valence-corrected chi connectivity index (χ4v) is 4.06. The summed E-state index contributed by atoms with van der Waals surface area (Å²) in [4.78, 5) is 3.39. The first-order valence-electron chi connectivity index (χ1n) is 10.1. The highest BCUT2D eigenvalue weighted by Crippen LogP contribution is 2.31. The highest BCUT2D eigenvalue weighted by Gasteiger charge is 2.19. The summed E-state index contributed by atoms with van der Waals surface area (Å²) in [5.41, 5.74) is 3.60. The molecule has 0 bridgehead atoms. The second-order valence-electron chi connectivity index (χ2n) is 7.34. The molecular weight excluding hydrogens is 382 g/mol. The third-order valence-electron chi connectivity index (χ3n) is 5.50. The van der Waals surface area contributed by atoms with Crippen LogP contribution >= 0.6 is 12.2 Å². The number of thiocarbonyl (C=S) groups is 1. The van der Waals surface area contributed by atoms with Crippen LogP contribution in [0.2, 0.25) is 0 Å². The van der Waals surface area contributed by atoms with E-state index >= 15 is 0 Å². The molecule has 2 aromatic carbocycles. The molecule has 0 unspecified atom stereocenters. The monoisotopic (exact) mass is 409 g/mol. The molecule has 1 saturated heterocycles. The van der Waals surface area contributed by atoms with E-state index in [-0.39, 0.29) is 12.0 Å². The number of para-hydroxylation sites is 1. The largest absolute Gasteiger partial charge is 0.497 e. The second kappa shape index (κ2) is 9.29. The van der Waals surface area contributed by atoms with E-state index in [1.54, 1.807) is 7.11 Å². The van der Waals surface area contributed by atoms with E-state index in [9.17, 15) is 0 Å². The molecular formula is C23H27N3O2S. The van der Waals surface area contributed by atoms with E-state index in [4.69, 9.17) is 21.7 Å². The Hall–Kier alpha value is -2.57. The van der Waals surface area contributed by atoms with Crippen molar-refractivity contribution in [3.8, 4) is 5.75 Å². The molecule has 3 aromatic rings. The van der Waals surface area contributed by atoms with Crippen LogP contribution < -0.4 is 15.4 Å². The average molecular weight is 410 g/mol. The van der Waals surface area contributed by atoms with E-state index in [0.29, 0.717) is 11.7 Å². The Kier molecular flexibility index (Phi) is 6.32. The van der Waals surface area contributed by atoms with Crippen LogP contribution in [0.25, 0.3) is 10.9 Å². The van der Waals surface area contributed by atoms with Crippen molar-refractivity contribution in [2.75, 3.05) is 26.8 Å². The van der Waals surface area contributed by atoms with Gasteiger partial charge in [0.25, 0.3) is 0 Å². The Morgan fingerprint density at radius 1 is 1.21 bits per heavy atom. The fraction of sp³-hybridized carbons (Fsp3) is 0.348. The second-order valence-corrected chi connectivity index (χ2v) is 7.75. The van der Waals surface area contributed by atoms with E-state index < -0.39 is 0 Å². The number of hydrogen-bond donors (Lipinski definition) is 3. The van der Waals surface area contributed by atoms with Gasteiger partial charge in [-0.25, -0.2) is 0 Å². The quantitative estimate of drug-likeness (QED) is 0.516. The summed E-state index contributed by atoms with van der Waals surface area (Å²) in [7, 11) is 1.69. The van der Waals surface area contributed by atoms with Crippen LogP contribution in [0.4, 0.5) is 0 Å². The van der Waals surface area contributed by atoms with Gasteiger partial charge in [-0.2, -0.15) is 0 Å². The molecule has 29 heavy (non-hydrogen) atoms. The van der Waals surface area contributed by atoms with Crippen LogP contribution in [0.3, 0.4) is 0 Å². The minimum Gasteiger partial charge on any atom is -0.497 e. The van der Waals surface area contributed by atoms with Gasteiger partial charge in [-0.3, -0.25) is 0 Å². The number of ether oxygens (including phenoxy) is 2. The summed E-state index contributed by atoms with van der Waals surface area (Å²) < 4.78 is 11.0. The maximum Gasteiger partial charge on any atom is 0.166 e. The minimum absolute atomic E-state index is 0.152. The molecule has 5 nitrogen and oxygen atoms in total. The predicted molar refractivity (Wildman–Crippen MR) is 121 cm³/mol. The molecule has 1 fully saturated rings. The first-order valence-corrected chi connectivity index (χ1v) is 10.5. The molecule has 3 N–H and O–H groups in total. The zero-order valence-corrected chi connectivity index (χ0v) is 17.4.